The maximum atomic E-state index is 9.53. The first-order valence-corrected chi connectivity index (χ1v) is 5.25. The summed E-state index contributed by atoms with van der Waals surface area (Å²) in [5.41, 5.74) is 0. The van der Waals surface area contributed by atoms with Crippen molar-refractivity contribution in [3.8, 4) is 0 Å². The minimum absolute atomic E-state index is 0.417. The fourth-order valence-corrected chi connectivity index (χ4v) is 0.340. The zero-order valence-corrected chi connectivity index (χ0v) is 11.2. The fourth-order valence-electron chi connectivity index (χ4n) is 0.340. The van der Waals surface area contributed by atoms with Crippen LogP contribution in [-0.4, -0.2) is 12.2 Å². The van der Waals surface area contributed by atoms with Crippen LogP contribution in [0.25, 0.3) is 0 Å². The summed E-state index contributed by atoms with van der Waals surface area (Å²) in [7, 11) is 0. The summed E-state index contributed by atoms with van der Waals surface area (Å²) in [5, 5.41) is 19.1. The quantitative estimate of drug-likeness (QED) is 0.594. The minimum atomic E-state index is -0.417. The number of hydrogen-bond acceptors (Lipinski definition) is 3. The topological polar surface area (TPSA) is 63.2 Å². The molecule has 1 rings (SSSR count). The third kappa shape index (κ3) is 83.6. The summed E-state index contributed by atoms with van der Waals surface area (Å²) in [6.45, 7) is 6.44. The van der Waals surface area contributed by atoms with Crippen molar-refractivity contribution in [3.63, 3.8) is 0 Å². The van der Waals surface area contributed by atoms with Crippen LogP contribution in [0.2, 0.25) is 0 Å². The number of rotatable bonds is 0. The van der Waals surface area contributed by atoms with Gasteiger partial charge in [-0.25, -0.2) is 12.2 Å². The predicted molar refractivity (Wildman–Crippen MR) is 52.5 cm³/mol. The van der Waals surface area contributed by atoms with Crippen molar-refractivity contribution < 1.29 is 31.3 Å². The molecule has 1 aliphatic rings. The molecule has 0 bridgehead atoms. The predicted octanol–water partition coefficient (Wildman–Crippen LogP) is 0.695. The Labute approximate surface area is 102 Å². The van der Waals surface area contributed by atoms with E-state index in [9.17, 15) is 10.2 Å². The van der Waals surface area contributed by atoms with Gasteiger partial charge in [0.25, 0.3) is 0 Å². The second-order valence-corrected chi connectivity index (χ2v) is 3.10. The van der Waals surface area contributed by atoms with Crippen LogP contribution >= 0.6 is 0 Å². The van der Waals surface area contributed by atoms with Crippen molar-refractivity contribution in [1.82, 2.24) is 0 Å². The molecule has 1 aliphatic carbocycles. The van der Waals surface area contributed by atoms with Crippen LogP contribution in [0.15, 0.2) is 18.2 Å². The SMILES string of the molecule is CC(C)[O-].CC(C)[O-].[C-]1=CC=CC1.[O]=[V+2]. The second-order valence-electron chi connectivity index (χ2n) is 3.10. The van der Waals surface area contributed by atoms with E-state index in [0.29, 0.717) is 0 Å². The summed E-state index contributed by atoms with van der Waals surface area (Å²) in [6, 6.07) is 0. The van der Waals surface area contributed by atoms with Crippen molar-refractivity contribution in [2.75, 3.05) is 0 Å². The second kappa shape index (κ2) is 19.4. The zero-order valence-electron chi connectivity index (χ0n) is 9.77. The molecule has 0 saturated heterocycles. The van der Waals surface area contributed by atoms with Crippen LogP contribution in [-0.2, 0) is 21.0 Å². The third-order valence-corrected chi connectivity index (χ3v) is 0.586. The Morgan fingerprint density at radius 1 is 1.13 bits per heavy atom. The van der Waals surface area contributed by atoms with Gasteiger partial charge >= 0.3 is 21.0 Å². The molecule has 0 aliphatic heterocycles. The van der Waals surface area contributed by atoms with Crippen molar-refractivity contribution in [2.24, 2.45) is 0 Å². The van der Waals surface area contributed by atoms with E-state index in [1.807, 2.05) is 12.2 Å². The van der Waals surface area contributed by atoms with Gasteiger partial charge in [-0.05, 0) is 0 Å². The summed E-state index contributed by atoms with van der Waals surface area (Å²) < 4.78 is 8.19. The molecule has 0 heterocycles. The van der Waals surface area contributed by atoms with E-state index in [-0.39, 0.29) is 0 Å². The Bertz CT molecular complexity index is 132. The van der Waals surface area contributed by atoms with Crippen LogP contribution in [0.1, 0.15) is 34.1 Å². The average Bonchev–Trinajstić information content (AvgIpc) is 2.61. The van der Waals surface area contributed by atoms with E-state index in [1.165, 1.54) is 0 Å². The molecule has 0 amide bonds. The summed E-state index contributed by atoms with van der Waals surface area (Å²) >= 11 is 1.06. The molecule has 0 saturated carbocycles. The van der Waals surface area contributed by atoms with Gasteiger partial charge in [0.1, 0.15) is 0 Å². The first kappa shape index (κ1) is 20.2. The summed E-state index contributed by atoms with van der Waals surface area (Å²) in [6.07, 6.45) is 9.17. The van der Waals surface area contributed by atoms with E-state index < -0.39 is 12.2 Å². The molecule has 15 heavy (non-hydrogen) atoms. The van der Waals surface area contributed by atoms with Crippen LogP contribution in [0.4, 0.5) is 0 Å². The van der Waals surface area contributed by atoms with Gasteiger partial charge in [-0.3, -0.25) is 6.08 Å². The molecule has 4 heteroatoms. The monoisotopic (exact) mass is 250 g/mol. The normalized spacial score (nSPS) is 11.1. The van der Waals surface area contributed by atoms with Gasteiger partial charge < -0.3 is 10.2 Å². The van der Waals surface area contributed by atoms with E-state index in [2.05, 4.69) is 12.2 Å². The molecule has 0 unspecified atom stereocenters. The van der Waals surface area contributed by atoms with Crippen LogP contribution in [0.5, 0.6) is 0 Å². The molecule has 0 N–H and O–H groups in total. The van der Waals surface area contributed by atoms with Crippen LogP contribution < -0.4 is 10.2 Å². The van der Waals surface area contributed by atoms with Crippen LogP contribution in [0, 0.1) is 6.08 Å². The first-order chi connectivity index (χ1) is 6.96. The Hall–Kier alpha value is -0.216. The molecular weight excluding hydrogens is 231 g/mol. The van der Waals surface area contributed by atoms with Crippen molar-refractivity contribution in [1.29, 1.82) is 0 Å². The molecule has 3 nitrogen and oxygen atoms in total. The van der Waals surface area contributed by atoms with Gasteiger partial charge in [0.15, 0.2) is 0 Å². The van der Waals surface area contributed by atoms with Crippen molar-refractivity contribution in [2.45, 2.75) is 46.3 Å². The number of hydrogen-bond donors (Lipinski definition) is 0. The molecule has 0 atom stereocenters. The Morgan fingerprint density at radius 3 is 1.53 bits per heavy atom. The molecule has 0 aromatic heterocycles. The van der Waals surface area contributed by atoms with E-state index in [4.69, 9.17) is 3.67 Å². The average molecular weight is 250 g/mol. The van der Waals surface area contributed by atoms with E-state index in [0.717, 1.165) is 23.8 Å². The Morgan fingerprint density at radius 2 is 1.47 bits per heavy atom. The van der Waals surface area contributed by atoms with Gasteiger partial charge in [-0.2, -0.15) is 6.08 Å². The third-order valence-electron chi connectivity index (χ3n) is 0.586. The standard InChI is InChI=1S/C5H5.2C3H7O.O.V/c1-2-4-5-3-1;2*1-3(2)4;;/h1-3H,4H2;2*3H,1-2H3;;/q3*-1;;+2. The number of allylic oxidation sites excluding steroid dienone is 4. The molecule has 0 radical (unpaired) electrons. The zero-order chi connectivity index (χ0) is 12.7. The van der Waals surface area contributed by atoms with Gasteiger partial charge in [-0.1, -0.05) is 27.7 Å². The van der Waals surface area contributed by atoms with Crippen LogP contribution in [0.3, 0.4) is 0 Å². The molecule has 0 aromatic carbocycles. The molecule has 0 aromatic rings. The van der Waals surface area contributed by atoms with Crippen molar-refractivity contribution >= 4 is 0 Å². The van der Waals surface area contributed by atoms with Crippen molar-refractivity contribution in [3.05, 3.63) is 24.3 Å². The Balaban J connectivity index is -0.000000135. The molecule has 0 fully saturated rings. The van der Waals surface area contributed by atoms with Gasteiger partial charge in [0.2, 0.25) is 0 Å². The first-order valence-electron chi connectivity index (χ1n) is 4.68. The molecule has 87 valence electrons. The van der Waals surface area contributed by atoms with Gasteiger partial charge in [0, 0.05) is 0 Å². The maximum absolute atomic E-state index is 9.53. The van der Waals surface area contributed by atoms with E-state index in [1.54, 1.807) is 27.7 Å². The molecular formula is C11H19O3V-. The Kier molecular flexibility index (Phi) is 26.1. The van der Waals surface area contributed by atoms with Gasteiger partial charge in [0.05, 0.1) is 0 Å². The summed E-state index contributed by atoms with van der Waals surface area (Å²) in [4.78, 5) is 0. The van der Waals surface area contributed by atoms with Gasteiger partial charge in [-0.15, -0.1) is 18.6 Å². The fraction of sp³-hybridized carbons (Fsp3) is 0.636. The van der Waals surface area contributed by atoms with E-state index >= 15 is 0 Å². The molecule has 0 spiro atoms. The summed E-state index contributed by atoms with van der Waals surface area (Å²) in [5.74, 6) is 0.